The molecule has 0 bridgehead atoms. The summed E-state index contributed by atoms with van der Waals surface area (Å²) in [6.07, 6.45) is 0. The maximum Gasteiger partial charge on any atom is 0.355 e. The molecule has 0 saturated heterocycles. The van der Waals surface area contributed by atoms with Gasteiger partial charge >= 0.3 is 5.97 Å². The molecule has 4 heteroatoms. The molecule has 0 spiro atoms. The minimum Gasteiger partial charge on any atom is -0.497 e. The number of fused-ring (bicyclic) bond motifs is 1. The highest BCUT2D eigenvalue weighted by molar-refractivity contribution is 6.08. The van der Waals surface area contributed by atoms with Crippen LogP contribution in [0.4, 0.5) is 0 Å². The van der Waals surface area contributed by atoms with Crippen LogP contribution < -0.4 is 4.74 Å². The van der Waals surface area contributed by atoms with E-state index in [-0.39, 0.29) is 5.97 Å². The lowest BCUT2D eigenvalue weighted by molar-refractivity contribution is 0.0596. The molecule has 0 aliphatic heterocycles. The summed E-state index contributed by atoms with van der Waals surface area (Å²) >= 11 is 0. The Hall–Kier alpha value is -2.75. The quantitative estimate of drug-likeness (QED) is 0.746. The number of aromatic amines is 1. The maximum absolute atomic E-state index is 12.0. The van der Waals surface area contributed by atoms with Gasteiger partial charge in [0.25, 0.3) is 0 Å². The van der Waals surface area contributed by atoms with Gasteiger partial charge in [0, 0.05) is 16.5 Å². The summed E-state index contributed by atoms with van der Waals surface area (Å²) in [4.78, 5) is 15.2. The van der Waals surface area contributed by atoms with Crippen LogP contribution in [0, 0.1) is 0 Å². The molecule has 1 aromatic heterocycles. The van der Waals surface area contributed by atoms with Gasteiger partial charge in [-0.1, -0.05) is 30.3 Å². The van der Waals surface area contributed by atoms with Crippen molar-refractivity contribution in [3.05, 3.63) is 54.2 Å². The SMILES string of the molecule is COC(=O)c1[nH]c2ccc(OC)cc2c1-c1ccccc1. The molecule has 0 unspecified atom stereocenters. The van der Waals surface area contributed by atoms with Gasteiger partial charge in [0.05, 0.1) is 14.2 Å². The second-order valence-electron chi connectivity index (χ2n) is 4.64. The van der Waals surface area contributed by atoms with E-state index in [2.05, 4.69) is 4.98 Å². The molecule has 0 aliphatic rings. The zero-order chi connectivity index (χ0) is 14.8. The van der Waals surface area contributed by atoms with Gasteiger partial charge in [-0.15, -0.1) is 0 Å². The molecule has 2 aromatic carbocycles. The number of aromatic nitrogens is 1. The molecule has 0 radical (unpaired) electrons. The van der Waals surface area contributed by atoms with Crippen molar-refractivity contribution in [2.75, 3.05) is 14.2 Å². The van der Waals surface area contributed by atoms with Crippen molar-refractivity contribution >= 4 is 16.9 Å². The Balaban J connectivity index is 2.33. The Morgan fingerprint density at radius 3 is 2.48 bits per heavy atom. The van der Waals surface area contributed by atoms with Gasteiger partial charge in [0.15, 0.2) is 0 Å². The van der Waals surface area contributed by atoms with E-state index in [1.54, 1.807) is 7.11 Å². The second kappa shape index (κ2) is 5.32. The number of carbonyl (C=O) groups excluding carboxylic acids is 1. The van der Waals surface area contributed by atoms with Crippen molar-refractivity contribution < 1.29 is 14.3 Å². The van der Waals surface area contributed by atoms with Crippen LogP contribution >= 0.6 is 0 Å². The molecule has 0 aliphatic carbocycles. The van der Waals surface area contributed by atoms with E-state index in [0.29, 0.717) is 5.69 Å². The van der Waals surface area contributed by atoms with Crippen LogP contribution in [-0.4, -0.2) is 25.2 Å². The molecule has 1 heterocycles. The topological polar surface area (TPSA) is 51.3 Å². The van der Waals surface area contributed by atoms with Crippen molar-refractivity contribution in [3.63, 3.8) is 0 Å². The molecule has 0 fully saturated rings. The number of benzene rings is 2. The number of ether oxygens (including phenoxy) is 2. The highest BCUT2D eigenvalue weighted by Gasteiger charge is 2.19. The summed E-state index contributed by atoms with van der Waals surface area (Å²) < 4.78 is 10.2. The van der Waals surface area contributed by atoms with Gasteiger partial charge in [-0.3, -0.25) is 0 Å². The molecule has 4 nitrogen and oxygen atoms in total. The summed E-state index contributed by atoms with van der Waals surface area (Å²) in [6, 6.07) is 15.4. The zero-order valence-corrected chi connectivity index (χ0v) is 11.8. The molecule has 3 aromatic rings. The average molecular weight is 281 g/mol. The monoisotopic (exact) mass is 281 g/mol. The molecule has 3 rings (SSSR count). The van der Waals surface area contributed by atoms with E-state index < -0.39 is 0 Å². The highest BCUT2D eigenvalue weighted by Crippen LogP contribution is 2.34. The molecular formula is C17H15NO3. The fraction of sp³-hybridized carbons (Fsp3) is 0.118. The van der Waals surface area contributed by atoms with Crippen LogP contribution in [0.3, 0.4) is 0 Å². The van der Waals surface area contributed by atoms with Crippen molar-refractivity contribution in [2.45, 2.75) is 0 Å². The van der Waals surface area contributed by atoms with Crippen LogP contribution in [-0.2, 0) is 4.74 Å². The Morgan fingerprint density at radius 1 is 1.05 bits per heavy atom. The third-order valence-corrected chi connectivity index (χ3v) is 3.46. The van der Waals surface area contributed by atoms with Crippen molar-refractivity contribution in [2.24, 2.45) is 0 Å². The molecule has 0 saturated carbocycles. The van der Waals surface area contributed by atoms with Gasteiger partial charge in [0.2, 0.25) is 0 Å². The fourth-order valence-corrected chi connectivity index (χ4v) is 2.46. The third kappa shape index (κ3) is 2.25. The van der Waals surface area contributed by atoms with Crippen LogP contribution in [0.5, 0.6) is 5.75 Å². The Bertz CT molecular complexity index is 790. The normalized spacial score (nSPS) is 10.6. The van der Waals surface area contributed by atoms with Crippen LogP contribution in [0.1, 0.15) is 10.5 Å². The number of rotatable bonds is 3. The molecule has 106 valence electrons. The number of hydrogen-bond acceptors (Lipinski definition) is 3. The predicted octanol–water partition coefficient (Wildman–Crippen LogP) is 3.63. The highest BCUT2D eigenvalue weighted by atomic mass is 16.5. The minimum absolute atomic E-state index is 0.385. The number of esters is 1. The summed E-state index contributed by atoms with van der Waals surface area (Å²) in [5.74, 6) is 0.360. The van der Waals surface area contributed by atoms with Crippen LogP contribution in [0.2, 0.25) is 0 Å². The third-order valence-electron chi connectivity index (χ3n) is 3.46. The molecule has 1 N–H and O–H groups in total. The number of methoxy groups -OCH3 is 2. The summed E-state index contributed by atoms with van der Waals surface area (Å²) in [6.45, 7) is 0. The number of H-pyrrole nitrogens is 1. The van der Waals surface area contributed by atoms with Crippen LogP contribution in [0.15, 0.2) is 48.5 Å². The first-order chi connectivity index (χ1) is 10.2. The molecule has 0 amide bonds. The Kier molecular flexibility index (Phi) is 3.36. The first kappa shape index (κ1) is 13.2. The standard InChI is InChI=1S/C17H15NO3/c1-20-12-8-9-14-13(10-12)15(11-6-4-3-5-7-11)16(18-14)17(19)21-2/h3-10,18H,1-2H3. The maximum atomic E-state index is 12.0. The van der Waals surface area contributed by atoms with Gasteiger partial charge in [-0.25, -0.2) is 4.79 Å². The largest absolute Gasteiger partial charge is 0.497 e. The van der Waals surface area contributed by atoms with Gasteiger partial charge in [-0.2, -0.15) is 0 Å². The first-order valence-electron chi connectivity index (χ1n) is 6.58. The van der Waals surface area contributed by atoms with Gasteiger partial charge < -0.3 is 14.5 Å². The van der Waals surface area contributed by atoms with E-state index in [1.165, 1.54) is 7.11 Å². The fourth-order valence-electron chi connectivity index (χ4n) is 2.46. The van der Waals surface area contributed by atoms with Gasteiger partial charge in [0.1, 0.15) is 11.4 Å². The lowest BCUT2D eigenvalue weighted by Gasteiger charge is -2.04. The number of carbonyl (C=O) groups is 1. The summed E-state index contributed by atoms with van der Waals surface area (Å²) in [7, 11) is 3.00. The first-order valence-corrected chi connectivity index (χ1v) is 6.58. The summed E-state index contributed by atoms with van der Waals surface area (Å²) in [5, 5.41) is 0.931. The molecule has 0 atom stereocenters. The van der Waals surface area contributed by atoms with E-state index in [4.69, 9.17) is 9.47 Å². The minimum atomic E-state index is -0.385. The Labute approximate surface area is 122 Å². The second-order valence-corrected chi connectivity index (χ2v) is 4.64. The molecular weight excluding hydrogens is 266 g/mol. The van der Waals surface area contributed by atoms with Crippen molar-refractivity contribution in [3.8, 4) is 16.9 Å². The predicted molar refractivity (Wildman–Crippen MR) is 81.6 cm³/mol. The van der Waals surface area contributed by atoms with Crippen LogP contribution in [0.25, 0.3) is 22.0 Å². The van der Waals surface area contributed by atoms with Crippen molar-refractivity contribution in [1.29, 1.82) is 0 Å². The Morgan fingerprint density at radius 2 is 1.81 bits per heavy atom. The van der Waals surface area contributed by atoms with E-state index in [0.717, 1.165) is 27.8 Å². The van der Waals surface area contributed by atoms with E-state index in [1.807, 2.05) is 48.5 Å². The average Bonchev–Trinajstić information content (AvgIpc) is 2.93. The van der Waals surface area contributed by atoms with Crippen molar-refractivity contribution in [1.82, 2.24) is 4.98 Å². The number of nitrogens with one attached hydrogen (secondary N) is 1. The lowest BCUT2D eigenvalue weighted by atomic mass is 10.0. The number of hydrogen-bond donors (Lipinski definition) is 1. The molecule has 21 heavy (non-hydrogen) atoms. The van der Waals surface area contributed by atoms with E-state index in [9.17, 15) is 4.79 Å². The smallest absolute Gasteiger partial charge is 0.355 e. The lowest BCUT2D eigenvalue weighted by Crippen LogP contribution is -2.03. The van der Waals surface area contributed by atoms with E-state index >= 15 is 0 Å². The van der Waals surface area contributed by atoms with Gasteiger partial charge in [-0.05, 0) is 23.8 Å². The zero-order valence-electron chi connectivity index (χ0n) is 11.8. The summed E-state index contributed by atoms with van der Waals surface area (Å²) in [5.41, 5.74) is 3.11.